The molecule has 0 radical (unpaired) electrons. The molecule has 138 valence electrons. The van der Waals surface area contributed by atoms with Crippen molar-refractivity contribution in [1.82, 2.24) is 0 Å². The number of allylic oxidation sites excluding steroid dienone is 1. The molecule has 0 amide bonds. The Balaban J connectivity index is 2.99. The Morgan fingerprint density at radius 2 is 1.88 bits per heavy atom. The zero-order chi connectivity index (χ0) is 18.8. The van der Waals surface area contributed by atoms with Gasteiger partial charge >= 0.3 is 0 Å². The number of carbonyl (C=O) groups excluding carboxylic acids is 2. The van der Waals surface area contributed by atoms with Crippen molar-refractivity contribution >= 4 is 20.4 Å². The fourth-order valence-corrected chi connectivity index (χ4v) is 4.53. The van der Waals surface area contributed by atoms with Gasteiger partial charge in [-0.2, -0.15) is 0 Å². The van der Waals surface area contributed by atoms with Gasteiger partial charge in [0.05, 0.1) is 0 Å². The minimum Gasteiger partial charge on any atom is -0.417 e. The molecule has 0 aromatic rings. The van der Waals surface area contributed by atoms with Crippen molar-refractivity contribution in [3.8, 4) is 0 Å². The molecule has 1 saturated carbocycles. The maximum atomic E-state index is 12.1. The Morgan fingerprint density at radius 3 is 2.29 bits per heavy atom. The summed E-state index contributed by atoms with van der Waals surface area (Å²) in [6.45, 7) is 19.4. The maximum Gasteiger partial charge on any atom is 0.191 e. The van der Waals surface area contributed by atoms with Crippen LogP contribution in [0.25, 0.3) is 0 Å². The Morgan fingerprint density at radius 1 is 1.29 bits per heavy atom. The van der Waals surface area contributed by atoms with E-state index in [9.17, 15) is 9.59 Å². The lowest BCUT2D eigenvalue weighted by Crippen LogP contribution is -2.47. The standard InChI is InChI=1S/C20H36O3Si/c1-15(2)17-9-10-18(13-23-24(7,8)19(4,5)6)20(12-17,14-21)11-16(3)22/h14,17-18H,1,9-13H2,2-8H3/t17-,18+,20-/m0/s1. The van der Waals surface area contributed by atoms with Crippen LogP contribution in [0.4, 0.5) is 0 Å². The van der Waals surface area contributed by atoms with Crippen molar-refractivity contribution in [2.45, 2.75) is 78.4 Å². The minimum absolute atomic E-state index is 0.0850. The Hall–Kier alpha value is -0.743. The van der Waals surface area contributed by atoms with E-state index in [1.54, 1.807) is 6.92 Å². The molecule has 0 N–H and O–H groups in total. The molecular weight excluding hydrogens is 316 g/mol. The zero-order valence-corrected chi connectivity index (χ0v) is 17.7. The summed E-state index contributed by atoms with van der Waals surface area (Å²) in [4.78, 5) is 23.9. The number of hydrogen-bond acceptors (Lipinski definition) is 3. The smallest absolute Gasteiger partial charge is 0.191 e. The monoisotopic (exact) mass is 352 g/mol. The third-order valence-electron chi connectivity index (χ3n) is 6.26. The van der Waals surface area contributed by atoms with Crippen LogP contribution in [0, 0.1) is 17.3 Å². The van der Waals surface area contributed by atoms with Crippen LogP contribution >= 0.6 is 0 Å². The molecule has 1 aliphatic rings. The summed E-state index contributed by atoms with van der Waals surface area (Å²) < 4.78 is 6.41. The Bertz CT molecular complexity index is 490. The van der Waals surface area contributed by atoms with Crippen molar-refractivity contribution in [3.05, 3.63) is 12.2 Å². The van der Waals surface area contributed by atoms with Gasteiger partial charge in [0.25, 0.3) is 0 Å². The molecule has 0 unspecified atom stereocenters. The van der Waals surface area contributed by atoms with Crippen LogP contribution in [-0.2, 0) is 14.0 Å². The molecule has 0 saturated heterocycles. The second-order valence-electron chi connectivity index (χ2n) is 9.32. The number of hydrogen-bond donors (Lipinski definition) is 0. The van der Waals surface area contributed by atoms with Gasteiger partial charge in [-0.25, -0.2) is 0 Å². The van der Waals surface area contributed by atoms with Crippen LogP contribution < -0.4 is 0 Å². The molecule has 24 heavy (non-hydrogen) atoms. The van der Waals surface area contributed by atoms with Crippen molar-refractivity contribution < 1.29 is 14.0 Å². The van der Waals surface area contributed by atoms with Gasteiger partial charge in [-0.1, -0.05) is 32.9 Å². The first-order valence-corrected chi connectivity index (χ1v) is 12.0. The third kappa shape index (κ3) is 4.88. The zero-order valence-electron chi connectivity index (χ0n) is 16.7. The number of Topliss-reactive ketones (excluding diaryl/α,β-unsaturated/α-hetero) is 1. The predicted octanol–water partition coefficient (Wildman–Crippen LogP) is 5.17. The molecule has 1 rings (SSSR count). The summed E-state index contributed by atoms with van der Waals surface area (Å²) in [5.41, 5.74) is 0.532. The number of carbonyl (C=O) groups is 2. The van der Waals surface area contributed by atoms with Crippen molar-refractivity contribution in [2.24, 2.45) is 17.3 Å². The van der Waals surface area contributed by atoms with Gasteiger partial charge < -0.3 is 9.22 Å². The van der Waals surface area contributed by atoms with E-state index >= 15 is 0 Å². The maximum absolute atomic E-state index is 12.1. The highest BCUT2D eigenvalue weighted by atomic mass is 28.4. The number of rotatable bonds is 7. The largest absolute Gasteiger partial charge is 0.417 e. The van der Waals surface area contributed by atoms with E-state index in [1.165, 1.54) is 0 Å². The lowest BCUT2D eigenvalue weighted by atomic mass is 9.61. The second kappa shape index (κ2) is 7.65. The van der Waals surface area contributed by atoms with Crippen LogP contribution in [0.15, 0.2) is 12.2 Å². The lowest BCUT2D eigenvalue weighted by Gasteiger charge is -2.45. The second-order valence-corrected chi connectivity index (χ2v) is 14.1. The molecule has 0 heterocycles. The molecular formula is C20H36O3Si. The molecule has 0 bridgehead atoms. The SMILES string of the molecule is C=C(C)[C@H]1CC[C@H](CO[Si](C)(C)C(C)(C)C)[C@@](C=O)(CC(C)=O)C1. The van der Waals surface area contributed by atoms with Gasteiger partial charge in [0.15, 0.2) is 8.32 Å². The van der Waals surface area contributed by atoms with Crippen LogP contribution in [0.3, 0.4) is 0 Å². The van der Waals surface area contributed by atoms with Crippen molar-refractivity contribution in [1.29, 1.82) is 0 Å². The summed E-state index contributed by atoms with van der Waals surface area (Å²) in [6, 6.07) is 0. The number of aldehydes is 1. The van der Waals surface area contributed by atoms with Gasteiger partial charge in [0.2, 0.25) is 0 Å². The molecule has 3 nitrogen and oxygen atoms in total. The van der Waals surface area contributed by atoms with Gasteiger partial charge in [0.1, 0.15) is 12.1 Å². The summed E-state index contributed by atoms with van der Waals surface area (Å²) in [7, 11) is -1.86. The van der Waals surface area contributed by atoms with E-state index < -0.39 is 13.7 Å². The van der Waals surface area contributed by atoms with E-state index in [2.05, 4.69) is 40.4 Å². The molecule has 0 aromatic heterocycles. The van der Waals surface area contributed by atoms with Gasteiger partial charge in [-0.15, -0.1) is 0 Å². The fraction of sp³-hybridized carbons (Fsp3) is 0.800. The minimum atomic E-state index is -1.86. The summed E-state index contributed by atoms with van der Waals surface area (Å²) in [5, 5.41) is 0.145. The van der Waals surface area contributed by atoms with Gasteiger partial charge in [-0.05, 0) is 63.1 Å². The fourth-order valence-electron chi connectivity index (χ4n) is 3.48. The highest BCUT2D eigenvalue weighted by Gasteiger charge is 2.46. The molecule has 3 atom stereocenters. The molecule has 4 heteroatoms. The molecule has 0 aromatic carbocycles. The highest BCUT2D eigenvalue weighted by Crippen LogP contribution is 2.48. The van der Waals surface area contributed by atoms with Crippen LogP contribution in [0.5, 0.6) is 0 Å². The Kier molecular flexibility index (Phi) is 6.79. The first-order chi connectivity index (χ1) is 10.8. The van der Waals surface area contributed by atoms with E-state index in [-0.39, 0.29) is 16.7 Å². The van der Waals surface area contributed by atoms with E-state index in [0.717, 1.165) is 31.1 Å². The molecule has 1 aliphatic carbocycles. The van der Waals surface area contributed by atoms with Crippen molar-refractivity contribution in [3.63, 3.8) is 0 Å². The first kappa shape index (κ1) is 21.3. The molecule has 0 spiro atoms. The topological polar surface area (TPSA) is 43.4 Å². The summed E-state index contributed by atoms with van der Waals surface area (Å²) >= 11 is 0. The summed E-state index contributed by atoms with van der Waals surface area (Å²) in [6.07, 6.45) is 4.07. The normalized spacial score (nSPS) is 28.5. The number of ketones is 1. The van der Waals surface area contributed by atoms with Crippen LogP contribution in [0.2, 0.25) is 18.1 Å². The predicted molar refractivity (Wildman–Crippen MR) is 103 cm³/mol. The van der Waals surface area contributed by atoms with Gasteiger partial charge in [-0.3, -0.25) is 4.79 Å². The van der Waals surface area contributed by atoms with Crippen LogP contribution in [-0.4, -0.2) is 27.0 Å². The molecule has 1 fully saturated rings. The van der Waals surface area contributed by atoms with E-state index in [4.69, 9.17) is 4.43 Å². The quantitative estimate of drug-likeness (QED) is 0.361. The average Bonchev–Trinajstić information content (AvgIpc) is 2.43. The summed E-state index contributed by atoms with van der Waals surface area (Å²) in [5.74, 6) is 0.545. The molecule has 0 aliphatic heterocycles. The van der Waals surface area contributed by atoms with E-state index in [1.807, 2.05) is 6.92 Å². The first-order valence-electron chi connectivity index (χ1n) is 9.10. The average molecular weight is 353 g/mol. The highest BCUT2D eigenvalue weighted by molar-refractivity contribution is 6.74. The lowest BCUT2D eigenvalue weighted by molar-refractivity contribution is -0.132. The van der Waals surface area contributed by atoms with Gasteiger partial charge in [0, 0.05) is 18.4 Å². The Labute approximate surface area is 149 Å². The van der Waals surface area contributed by atoms with Crippen molar-refractivity contribution in [2.75, 3.05) is 6.61 Å². The van der Waals surface area contributed by atoms with E-state index in [0.29, 0.717) is 18.9 Å². The van der Waals surface area contributed by atoms with Crippen LogP contribution in [0.1, 0.15) is 60.3 Å². The third-order valence-corrected chi connectivity index (χ3v) is 10.8.